The number of carbonyl (C=O) groups is 1. The zero-order chi connectivity index (χ0) is 12.8. The Balaban J connectivity index is 4.02. The van der Waals surface area contributed by atoms with Gasteiger partial charge >= 0.3 is 0 Å². The maximum absolute atomic E-state index is 11.7. The normalized spacial score (nSPS) is 15.2. The molecule has 4 heteroatoms. The highest BCUT2D eigenvalue weighted by molar-refractivity contribution is 5.76. The van der Waals surface area contributed by atoms with Gasteiger partial charge in [-0.25, -0.2) is 0 Å². The second-order valence-electron chi connectivity index (χ2n) is 4.99. The molecule has 0 aromatic heterocycles. The van der Waals surface area contributed by atoms with Crippen LogP contribution in [0.4, 0.5) is 0 Å². The summed E-state index contributed by atoms with van der Waals surface area (Å²) in [6.07, 6.45) is 0.555. The summed E-state index contributed by atoms with van der Waals surface area (Å²) in [5.74, 6) is 0.315. The van der Waals surface area contributed by atoms with Gasteiger partial charge in [-0.3, -0.25) is 4.79 Å². The number of ether oxygens (including phenoxy) is 1. The van der Waals surface area contributed by atoms with E-state index in [9.17, 15) is 4.79 Å². The predicted octanol–water partition coefficient (Wildman–Crippen LogP) is 1.29. The van der Waals surface area contributed by atoms with Crippen molar-refractivity contribution in [3.8, 4) is 0 Å². The quantitative estimate of drug-likeness (QED) is 0.692. The zero-order valence-electron chi connectivity index (χ0n) is 11.2. The average molecular weight is 230 g/mol. The molecule has 3 N–H and O–H groups in total. The van der Waals surface area contributed by atoms with Gasteiger partial charge in [0, 0.05) is 13.0 Å². The minimum absolute atomic E-state index is 0.00213. The van der Waals surface area contributed by atoms with Gasteiger partial charge in [-0.15, -0.1) is 0 Å². The lowest BCUT2D eigenvalue weighted by atomic mass is 9.88. The van der Waals surface area contributed by atoms with E-state index in [0.29, 0.717) is 25.5 Å². The van der Waals surface area contributed by atoms with Crippen LogP contribution in [-0.2, 0) is 9.53 Å². The Labute approximate surface area is 98.9 Å². The third kappa shape index (κ3) is 5.47. The molecule has 96 valence electrons. The summed E-state index contributed by atoms with van der Waals surface area (Å²) >= 11 is 0. The Morgan fingerprint density at radius 3 is 2.31 bits per heavy atom. The van der Waals surface area contributed by atoms with Crippen molar-refractivity contribution in [3.63, 3.8) is 0 Å². The summed E-state index contributed by atoms with van der Waals surface area (Å²) in [4.78, 5) is 11.7. The van der Waals surface area contributed by atoms with Gasteiger partial charge in [0.2, 0.25) is 5.91 Å². The van der Waals surface area contributed by atoms with Gasteiger partial charge in [-0.2, -0.15) is 0 Å². The lowest BCUT2D eigenvalue weighted by Crippen LogP contribution is -2.55. The van der Waals surface area contributed by atoms with Crippen LogP contribution in [0.15, 0.2) is 0 Å². The van der Waals surface area contributed by atoms with Crippen LogP contribution < -0.4 is 11.1 Å². The second-order valence-corrected chi connectivity index (χ2v) is 4.99. The van der Waals surface area contributed by atoms with Crippen LogP contribution in [0.5, 0.6) is 0 Å². The molecule has 0 saturated carbocycles. The molecular weight excluding hydrogens is 204 g/mol. The third-order valence-corrected chi connectivity index (χ3v) is 2.90. The standard InChI is InChI=1S/C12H26N2O2/c1-9(2)12(5,8-13)14-11(15)6-7-16-10(3)4/h9-10H,6-8,13H2,1-5H3,(H,14,15). The number of hydrogen-bond acceptors (Lipinski definition) is 3. The van der Waals surface area contributed by atoms with E-state index in [1.165, 1.54) is 0 Å². The van der Waals surface area contributed by atoms with Gasteiger partial charge in [0.15, 0.2) is 0 Å². The summed E-state index contributed by atoms with van der Waals surface area (Å²) in [6, 6.07) is 0. The van der Waals surface area contributed by atoms with Crippen molar-refractivity contribution >= 4 is 5.91 Å². The van der Waals surface area contributed by atoms with Crippen LogP contribution in [0.2, 0.25) is 0 Å². The highest BCUT2D eigenvalue weighted by atomic mass is 16.5. The fourth-order valence-corrected chi connectivity index (χ4v) is 1.20. The Hall–Kier alpha value is -0.610. The second kappa shape index (κ2) is 6.86. The Morgan fingerprint density at radius 2 is 1.94 bits per heavy atom. The van der Waals surface area contributed by atoms with E-state index in [1.807, 2.05) is 20.8 Å². The van der Waals surface area contributed by atoms with E-state index in [4.69, 9.17) is 10.5 Å². The average Bonchev–Trinajstić information content (AvgIpc) is 2.16. The van der Waals surface area contributed by atoms with Crippen LogP contribution >= 0.6 is 0 Å². The van der Waals surface area contributed by atoms with Gasteiger partial charge in [-0.05, 0) is 26.7 Å². The maximum atomic E-state index is 11.7. The molecule has 0 radical (unpaired) electrons. The molecule has 0 aromatic carbocycles. The molecule has 0 saturated heterocycles. The van der Waals surface area contributed by atoms with Crippen LogP contribution in [0, 0.1) is 5.92 Å². The first-order chi connectivity index (χ1) is 7.31. The van der Waals surface area contributed by atoms with E-state index in [2.05, 4.69) is 19.2 Å². The summed E-state index contributed by atoms with van der Waals surface area (Å²) < 4.78 is 5.33. The van der Waals surface area contributed by atoms with Crippen molar-refractivity contribution in [2.24, 2.45) is 11.7 Å². The molecule has 0 aromatic rings. The predicted molar refractivity (Wildman–Crippen MR) is 66.1 cm³/mol. The van der Waals surface area contributed by atoms with Crippen molar-refractivity contribution in [3.05, 3.63) is 0 Å². The van der Waals surface area contributed by atoms with Crippen molar-refractivity contribution < 1.29 is 9.53 Å². The molecule has 0 aliphatic heterocycles. The van der Waals surface area contributed by atoms with E-state index >= 15 is 0 Å². The van der Waals surface area contributed by atoms with E-state index in [1.54, 1.807) is 0 Å². The first-order valence-electron chi connectivity index (χ1n) is 5.94. The Kier molecular flexibility index (Phi) is 6.60. The minimum Gasteiger partial charge on any atom is -0.378 e. The lowest BCUT2D eigenvalue weighted by Gasteiger charge is -2.33. The molecule has 0 spiro atoms. The molecule has 0 heterocycles. The van der Waals surface area contributed by atoms with Gasteiger partial charge in [0.1, 0.15) is 0 Å². The van der Waals surface area contributed by atoms with Gasteiger partial charge < -0.3 is 15.8 Å². The molecule has 16 heavy (non-hydrogen) atoms. The van der Waals surface area contributed by atoms with Crippen molar-refractivity contribution in [1.29, 1.82) is 0 Å². The molecule has 0 aliphatic rings. The van der Waals surface area contributed by atoms with Crippen LogP contribution in [0.1, 0.15) is 41.0 Å². The highest BCUT2D eigenvalue weighted by Crippen LogP contribution is 2.14. The van der Waals surface area contributed by atoms with E-state index < -0.39 is 0 Å². The monoisotopic (exact) mass is 230 g/mol. The topological polar surface area (TPSA) is 64.3 Å². The van der Waals surface area contributed by atoms with Crippen molar-refractivity contribution in [2.45, 2.75) is 52.7 Å². The molecule has 4 nitrogen and oxygen atoms in total. The number of carbonyl (C=O) groups excluding carboxylic acids is 1. The lowest BCUT2D eigenvalue weighted by molar-refractivity contribution is -0.124. The van der Waals surface area contributed by atoms with Crippen LogP contribution in [0.25, 0.3) is 0 Å². The molecule has 0 fully saturated rings. The molecule has 1 unspecified atom stereocenters. The molecular formula is C12H26N2O2. The SMILES string of the molecule is CC(C)OCCC(=O)NC(C)(CN)C(C)C. The van der Waals surface area contributed by atoms with Gasteiger partial charge in [-0.1, -0.05) is 13.8 Å². The van der Waals surface area contributed by atoms with Gasteiger partial charge in [0.05, 0.1) is 18.2 Å². The molecule has 1 amide bonds. The molecule has 0 rings (SSSR count). The summed E-state index contributed by atoms with van der Waals surface area (Å²) in [7, 11) is 0. The van der Waals surface area contributed by atoms with Crippen molar-refractivity contribution in [1.82, 2.24) is 5.32 Å². The minimum atomic E-state index is -0.324. The highest BCUT2D eigenvalue weighted by Gasteiger charge is 2.28. The molecule has 0 bridgehead atoms. The third-order valence-electron chi connectivity index (χ3n) is 2.90. The Bertz CT molecular complexity index is 217. The number of hydrogen-bond donors (Lipinski definition) is 2. The maximum Gasteiger partial charge on any atom is 0.222 e. The van der Waals surface area contributed by atoms with Crippen molar-refractivity contribution in [2.75, 3.05) is 13.2 Å². The van der Waals surface area contributed by atoms with Crippen LogP contribution in [0.3, 0.4) is 0 Å². The first kappa shape index (κ1) is 15.4. The largest absolute Gasteiger partial charge is 0.378 e. The number of nitrogens with two attached hydrogens (primary N) is 1. The van der Waals surface area contributed by atoms with E-state index in [0.717, 1.165) is 0 Å². The fraction of sp³-hybridized carbons (Fsp3) is 0.917. The van der Waals surface area contributed by atoms with E-state index in [-0.39, 0.29) is 17.6 Å². The van der Waals surface area contributed by atoms with Crippen LogP contribution in [-0.4, -0.2) is 30.7 Å². The molecule has 1 atom stereocenters. The molecule has 0 aliphatic carbocycles. The number of nitrogens with one attached hydrogen (secondary N) is 1. The Morgan fingerprint density at radius 1 is 1.38 bits per heavy atom. The first-order valence-corrected chi connectivity index (χ1v) is 5.94. The summed E-state index contributed by atoms with van der Waals surface area (Å²) in [6.45, 7) is 10.9. The smallest absolute Gasteiger partial charge is 0.222 e. The zero-order valence-corrected chi connectivity index (χ0v) is 11.2. The van der Waals surface area contributed by atoms with Gasteiger partial charge in [0.25, 0.3) is 0 Å². The fourth-order valence-electron chi connectivity index (χ4n) is 1.20. The summed E-state index contributed by atoms with van der Waals surface area (Å²) in [5.41, 5.74) is 5.36. The number of rotatable bonds is 7. The summed E-state index contributed by atoms with van der Waals surface area (Å²) in [5, 5.41) is 2.97. The number of amides is 1.